The van der Waals surface area contributed by atoms with Gasteiger partial charge in [-0.2, -0.15) is 13.2 Å². The number of fused-ring (bicyclic) bond motifs is 1. The maximum Gasteiger partial charge on any atom is 0.419 e. The Morgan fingerprint density at radius 1 is 1.22 bits per heavy atom. The summed E-state index contributed by atoms with van der Waals surface area (Å²) in [5.74, 6) is -0.659. The molecule has 32 heavy (non-hydrogen) atoms. The molecule has 4 N–H and O–H groups in total. The molecule has 3 aromatic rings. The summed E-state index contributed by atoms with van der Waals surface area (Å²) in [5.41, 5.74) is 5.57. The summed E-state index contributed by atoms with van der Waals surface area (Å²) in [6.07, 6.45) is 0.371. The highest BCUT2D eigenvalue weighted by Gasteiger charge is 2.34. The number of nitrogen functional groups attached to an aromatic ring is 1. The van der Waals surface area contributed by atoms with Gasteiger partial charge in [0.15, 0.2) is 5.82 Å². The number of halogens is 3. The summed E-state index contributed by atoms with van der Waals surface area (Å²) in [6.45, 7) is 0.766. The van der Waals surface area contributed by atoms with Crippen molar-refractivity contribution in [3.63, 3.8) is 0 Å². The first-order valence-corrected chi connectivity index (χ1v) is 9.75. The molecule has 0 aliphatic carbocycles. The molecule has 1 aliphatic heterocycles. The number of pyridine rings is 2. The number of hydrogen-bond donors (Lipinski definition) is 3. The van der Waals surface area contributed by atoms with E-state index in [0.717, 1.165) is 6.07 Å². The predicted molar refractivity (Wildman–Crippen MR) is 111 cm³/mol. The Kier molecular flexibility index (Phi) is 5.36. The van der Waals surface area contributed by atoms with E-state index in [9.17, 15) is 22.8 Å². The molecule has 1 saturated heterocycles. The lowest BCUT2D eigenvalue weighted by molar-refractivity contribution is -0.137. The van der Waals surface area contributed by atoms with E-state index in [1.807, 2.05) is 0 Å². The summed E-state index contributed by atoms with van der Waals surface area (Å²) in [4.78, 5) is 33.8. The number of anilines is 2. The van der Waals surface area contributed by atoms with E-state index in [4.69, 9.17) is 5.73 Å². The Morgan fingerprint density at radius 2 is 2.00 bits per heavy atom. The Bertz CT molecular complexity index is 1190. The molecule has 12 heteroatoms. The number of carbonyl (C=O) groups excluding carboxylic acids is 2. The average Bonchev–Trinajstić information content (AvgIpc) is 3.39. The molecule has 4 rings (SSSR count). The summed E-state index contributed by atoms with van der Waals surface area (Å²) in [6, 6.07) is 3.79. The molecule has 1 atom stereocenters. The number of rotatable bonds is 3. The maximum atomic E-state index is 13.1. The van der Waals surface area contributed by atoms with Gasteiger partial charge in [0.2, 0.25) is 5.91 Å². The second-order valence-electron chi connectivity index (χ2n) is 7.44. The fraction of sp³-hybridized carbons (Fsp3) is 0.300. The smallest absolute Gasteiger partial charge is 0.383 e. The number of aromatic nitrogens is 3. The van der Waals surface area contributed by atoms with Crippen LogP contribution in [0.4, 0.5) is 29.6 Å². The lowest BCUT2D eigenvalue weighted by Gasteiger charge is -2.15. The van der Waals surface area contributed by atoms with Crippen LogP contribution in [0.2, 0.25) is 0 Å². The number of urea groups is 1. The molecule has 0 bridgehead atoms. The number of nitrogens with one attached hydrogen (secondary N) is 2. The quantitative estimate of drug-likeness (QED) is 0.571. The number of amides is 3. The van der Waals surface area contributed by atoms with Crippen molar-refractivity contribution in [3.8, 4) is 11.1 Å². The molecule has 0 radical (unpaired) electrons. The van der Waals surface area contributed by atoms with Crippen LogP contribution in [0.3, 0.4) is 0 Å². The van der Waals surface area contributed by atoms with Crippen molar-refractivity contribution in [1.29, 1.82) is 0 Å². The zero-order valence-electron chi connectivity index (χ0n) is 17.0. The number of nitrogens with two attached hydrogens (primary N) is 1. The lowest BCUT2D eigenvalue weighted by Crippen LogP contribution is -2.35. The number of likely N-dealkylation sites (tertiary alicyclic amines) is 1. The topological polar surface area (TPSA) is 118 Å². The minimum absolute atomic E-state index is 0.105. The fourth-order valence-electron chi connectivity index (χ4n) is 3.63. The van der Waals surface area contributed by atoms with E-state index in [1.165, 1.54) is 11.1 Å². The summed E-state index contributed by atoms with van der Waals surface area (Å²) in [7, 11) is 1.56. The Balaban J connectivity index is 1.53. The van der Waals surface area contributed by atoms with Crippen LogP contribution in [0.25, 0.3) is 16.8 Å². The molecule has 3 aromatic heterocycles. The molecule has 4 heterocycles. The van der Waals surface area contributed by atoms with Gasteiger partial charge in [-0.25, -0.2) is 14.8 Å². The zero-order valence-corrected chi connectivity index (χ0v) is 17.0. The molecular formula is C20H20F3N7O2. The van der Waals surface area contributed by atoms with Crippen molar-refractivity contribution in [1.82, 2.24) is 24.6 Å². The molecule has 168 valence electrons. The SMILES string of the molecule is CNC(=O)C1CCN(C(=O)Nc2cn3cc(-c4cnc(N)c(C(F)(F)F)c4)ccc3n2)C1. The average molecular weight is 447 g/mol. The third kappa shape index (κ3) is 4.15. The van der Waals surface area contributed by atoms with Crippen molar-refractivity contribution in [3.05, 3.63) is 42.4 Å². The first-order chi connectivity index (χ1) is 15.2. The van der Waals surface area contributed by atoms with Gasteiger partial charge in [0.1, 0.15) is 11.5 Å². The monoisotopic (exact) mass is 447 g/mol. The molecule has 3 amide bonds. The maximum absolute atomic E-state index is 13.1. The van der Waals surface area contributed by atoms with Gasteiger partial charge in [-0.15, -0.1) is 0 Å². The highest BCUT2D eigenvalue weighted by Crippen LogP contribution is 2.35. The van der Waals surface area contributed by atoms with Crippen molar-refractivity contribution in [2.45, 2.75) is 12.6 Å². The van der Waals surface area contributed by atoms with Gasteiger partial charge in [-0.3, -0.25) is 10.1 Å². The standard InChI is InChI=1S/C20H20F3N7O2/c1-25-18(31)12-4-5-29(9-12)19(32)28-15-10-30-8-11(2-3-16(30)27-15)13-6-14(20(21,22)23)17(24)26-7-13/h2-3,6-8,10,12H,4-5,9H2,1H3,(H2,24,26)(H,25,31)(H,28,32). The van der Waals surface area contributed by atoms with E-state index in [-0.39, 0.29) is 29.2 Å². The molecule has 9 nitrogen and oxygen atoms in total. The van der Waals surface area contributed by atoms with Crippen LogP contribution >= 0.6 is 0 Å². The lowest BCUT2D eigenvalue weighted by atomic mass is 10.1. The summed E-state index contributed by atoms with van der Waals surface area (Å²) >= 11 is 0. The highest BCUT2D eigenvalue weighted by molar-refractivity contribution is 5.90. The largest absolute Gasteiger partial charge is 0.419 e. The van der Waals surface area contributed by atoms with Crippen molar-refractivity contribution in [2.24, 2.45) is 5.92 Å². The number of hydrogen-bond acceptors (Lipinski definition) is 5. The molecule has 1 fully saturated rings. The molecule has 1 aliphatic rings. The Labute approximate surface area is 180 Å². The third-order valence-electron chi connectivity index (χ3n) is 5.34. The highest BCUT2D eigenvalue weighted by atomic mass is 19.4. The van der Waals surface area contributed by atoms with Crippen molar-refractivity contribution in [2.75, 3.05) is 31.2 Å². The van der Waals surface area contributed by atoms with Crippen LogP contribution < -0.4 is 16.4 Å². The van der Waals surface area contributed by atoms with Gasteiger partial charge < -0.3 is 20.4 Å². The van der Waals surface area contributed by atoms with Crippen LogP contribution in [-0.2, 0) is 11.0 Å². The van der Waals surface area contributed by atoms with Crippen molar-refractivity contribution < 1.29 is 22.8 Å². The van der Waals surface area contributed by atoms with E-state index >= 15 is 0 Å². The Hall–Kier alpha value is -3.83. The molecular weight excluding hydrogens is 427 g/mol. The van der Waals surface area contributed by atoms with Gasteiger partial charge in [-0.1, -0.05) is 0 Å². The van der Waals surface area contributed by atoms with Crippen LogP contribution in [0, 0.1) is 5.92 Å². The molecule has 1 unspecified atom stereocenters. The van der Waals surface area contributed by atoms with E-state index in [1.54, 1.807) is 36.0 Å². The zero-order chi connectivity index (χ0) is 23.0. The molecule has 0 spiro atoms. The summed E-state index contributed by atoms with van der Waals surface area (Å²) < 4.78 is 41.0. The van der Waals surface area contributed by atoms with Gasteiger partial charge in [-0.05, 0) is 24.6 Å². The van der Waals surface area contributed by atoms with Crippen LogP contribution in [0.15, 0.2) is 36.8 Å². The Morgan fingerprint density at radius 3 is 2.72 bits per heavy atom. The third-order valence-corrected chi connectivity index (χ3v) is 5.34. The summed E-state index contributed by atoms with van der Waals surface area (Å²) in [5, 5.41) is 5.27. The first-order valence-electron chi connectivity index (χ1n) is 9.75. The van der Waals surface area contributed by atoms with E-state index in [0.29, 0.717) is 30.7 Å². The molecule has 0 saturated carbocycles. The van der Waals surface area contributed by atoms with E-state index < -0.39 is 17.6 Å². The van der Waals surface area contributed by atoms with Gasteiger partial charge in [0, 0.05) is 43.7 Å². The van der Waals surface area contributed by atoms with E-state index in [2.05, 4.69) is 20.6 Å². The minimum Gasteiger partial charge on any atom is -0.383 e. The second kappa shape index (κ2) is 8.02. The van der Waals surface area contributed by atoms with Gasteiger partial charge >= 0.3 is 12.2 Å². The first kappa shape index (κ1) is 21.4. The van der Waals surface area contributed by atoms with Crippen molar-refractivity contribution >= 4 is 29.2 Å². The number of imidazole rings is 1. The fourth-order valence-corrected chi connectivity index (χ4v) is 3.63. The minimum atomic E-state index is -4.62. The van der Waals surface area contributed by atoms with Crippen LogP contribution in [-0.4, -0.2) is 51.3 Å². The number of nitrogens with zero attached hydrogens (tertiary/aromatic N) is 4. The second-order valence-corrected chi connectivity index (χ2v) is 7.44. The van der Waals surface area contributed by atoms with Gasteiger partial charge in [0.25, 0.3) is 0 Å². The van der Waals surface area contributed by atoms with Crippen LogP contribution in [0.5, 0.6) is 0 Å². The van der Waals surface area contributed by atoms with Gasteiger partial charge in [0.05, 0.1) is 17.7 Å². The normalized spacial score (nSPS) is 16.4. The predicted octanol–water partition coefficient (Wildman–Crippen LogP) is 2.60. The number of alkyl halides is 3. The number of carbonyl (C=O) groups is 2. The molecule has 0 aromatic carbocycles. The van der Waals surface area contributed by atoms with Crippen LogP contribution in [0.1, 0.15) is 12.0 Å².